The Morgan fingerprint density at radius 3 is 1.84 bits per heavy atom. The van der Waals surface area contributed by atoms with E-state index in [1.165, 1.54) is 89.8 Å². The number of rotatable bonds is 5. The van der Waals surface area contributed by atoms with Gasteiger partial charge in [0.2, 0.25) is 0 Å². The summed E-state index contributed by atoms with van der Waals surface area (Å²) >= 11 is 1.89. The van der Waals surface area contributed by atoms with Crippen molar-refractivity contribution >= 4 is 113 Å². The summed E-state index contributed by atoms with van der Waals surface area (Å²) in [7, 11) is -4.92. The van der Waals surface area contributed by atoms with Gasteiger partial charge in [0.25, 0.3) is 0 Å². The first-order chi connectivity index (χ1) is 31.3. The summed E-state index contributed by atoms with van der Waals surface area (Å²) in [5, 5.41) is 15.1. The Kier molecular flexibility index (Phi) is 8.31. The Morgan fingerprint density at radius 1 is 0.429 bits per heavy atom. The molecule has 0 aliphatic carbocycles. The van der Waals surface area contributed by atoms with Crippen LogP contribution in [0.2, 0.25) is 0 Å². The fourth-order valence-electron chi connectivity index (χ4n) is 10.9. The predicted molar refractivity (Wildman–Crippen MR) is 273 cm³/mol. The third kappa shape index (κ3) is 5.47. The molecule has 0 fully saturated rings. The van der Waals surface area contributed by atoms with Crippen molar-refractivity contribution in [2.75, 3.05) is 4.90 Å². The monoisotopic (exact) mass is 853 g/mol. The van der Waals surface area contributed by atoms with Gasteiger partial charge in [-0.1, -0.05) is 198 Å². The van der Waals surface area contributed by atoms with Crippen LogP contribution in [-0.2, 0) is 0 Å². The molecule has 13 rings (SSSR count). The molecule has 1 aromatic heterocycles. The van der Waals surface area contributed by atoms with Gasteiger partial charge >= 0.3 is 0 Å². The summed E-state index contributed by atoms with van der Waals surface area (Å²) in [6.07, 6.45) is 0. The lowest BCUT2D eigenvalue weighted by atomic mass is 9.98. The van der Waals surface area contributed by atoms with Gasteiger partial charge in [-0.15, -0.1) is 11.3 Å². The van der Waals surface area contributed by atoms with E-state index in [-0.39, 0.29) is 0 Å². The summed E-state index contributed by atoms with van der Waals surface area (Å²) in [5.41, 5.74) is 5.94. The van der Waals surface area contributed by atoms with Crippen LogP contribution >= 0.6 is 11.3 Å². The zero-order valence-corrected chi connectivity index (χ0v) is 37.3. The highest BCUT2D eigenvalue weighted by Crippen LogP contribution is 2.45. The molecule has 2 aliphatic heterocycles. The summed E-state index contributed by atoms with van der Waals surface area (Å²) in [6, 6.07) is 86.3. The highest BCUT2D eigenvalue weighted by atomic mass is 32.1. The van der Waals surface area contributed by atoms with Crippen molar-refractivity contribution in [1.82, 2.24) is 0 Å². The number of anilines is 3. The third-order valence-corrected chi connectivity index (χ3v) is 23.5. The first-order valence-electron chi connectivity index (χ1n) is 21.7. The molecule has 0 saturated carbocycles. The van der Waals surface area contributed by atoms with E-state index in [0.717, 1.165) is 17.2 Å². The van der Waals surface area contributed by atoms with Crippen LogP contribution in [0.1, 0.15) is 0 Å². The van der Waals surface area contributed by atoms with E-state index in [1.54, 1.807) is 0 Å². The van der Waals surface area contributed by atoms with Crippen molar-refractivity contribution in [1.29, 1.82) is 0 Å². The van der Waals surface area contributed by atoms with Crippen molar-refractivity contribution in [3.8, 4) is 22.6 Å². The van der Waals surface area contributed by atoms with Crippen molar-refractivity contribution in [3.05, 3.63) is 231 Å². The Morgan fingerprint density at radius 2 is 1.03 bits per heavy atom. The molecular formula is C58H39NOSSi2. The molecule has 1 atom stereocenters. The van der Waals surface area contributed by atoms with Crippen LogP contribution in [0.25, 0.3) is 42.1 Å². The zero-order valence-electron chi connectivity index (χ0n) is 34.3. The molecule has 0 amide bonds. The van der Waals surface area contributed by atoms with Gasteiger partial charge in [0.05, 0.1) is 10.4 Å². The van der Waals surface area contributed by atoms with Crippen LogP contribution in [-0.4, -0.2) is 16.9 Å². The molecule has 0 N–H and O–H groups in total. The van der Waals surface area contributed by atoms with Gasteiger partial charge in [-0.25, -0.2) is 0 Å². The molecule has 1 spiro atoms. The van der Waals surface area contributed by atoms with E-state index in [2.05, 4.69) is 235 Å². The smallest absolute Gasteiger partial charge is 0.188 e. The van der Waals surface area contributed by atoms with E-state index in [4.69, 9.17) is 4.74 Å². The number of hydrogen-bond acceptors (Lipinski definition) is 3. The first-order valence-corrected chi connectivity index (χ1v) is 26.2. The molecule has 3 heterocycles. The molecule has 0 saturated heterocycles. The van der Waals surface area contributed by atoms with Gasteiger partial charge in [-0.2, -0.15) is 0 Å². The Bertz CT molecular complexity index is 3530. The fraction of sp³-hybridized carbons (Fsp3) is 0. The number of nitrogens with zero attached hydrogens (tertiary/aromatic N) is 1. The Balaban J connectivity index is 1.09. The second-order valence-electron chi connectivity index (χ2n) is 16.7. The maximum absolute atomic E-state index is 6.79. The van der Waals surface area contributed by atoms with Crippen LogP contribution in [0.3, 0.4) is 0 Å². The minimum absolute atomic E-state index is 0.969. The Labute approximate surface area is 373 Å². The molecule has 10 aromatic carbocycles. The molecule has 2 nitrogen and oxygen atoms in total. The maximum atomic E-state index is 6.79. The first kappa shape index (κ1) is 36.4. The normalized spacial score (nSPS) is 14.4. The molecule has 11 aromatic rings. The minimum Gasteiger partial charge on any atom is -0.458 e. The van der Waals surface area contributed by atoms with E-state index < -0.39 is 16.9 Å². The number of para-hydroxylation sites is 2. The van der Waals surface area contributed by atoms with Gasteiger partial charge in [-0.3, -0.25) is 0 Å². The molecule has 0 radical (unpaired) electrons. The van der Waals surface area contributed by atoms with Crippen LogP contribution in [0.4, 0.5) is 17.1 Å². The predicted octanol–water partition coefficient (Wildman–Crippen LogP) is 10.4. The maximum Gasteiger partial charge on any atom is 0.188 e. The second kappa shape index (κ2) is 14.4. The zero-order chi connectivity index (χ0) is 41.5. The number of fused-ring (bicyclic) bond motifs is 12. The molecule has 0 bridgehead atoms. The molecule has 5 heteroatoms. The topological polar surface area (TPSA) is 12.5 Å². The van der Waals surface area contributed by atoms with Crippen molar-refractivity contribution < 1.29 is 4.74 Å². The Hall–Kier alpha value is -7.29. The number of benzene rings is 10. The molecule has 63 heavy (non-hydrogen) atoms. The van der Waals surface area contributed by atoms with E-state index in [0.29, 0.717) is 0 Å². The van der Waals surface area contributed by atoms with Crippen LogP contribution in [0.15, 0.2) is 231 Å². The summed E-state index contributed by atoms with van der Waals surface area (Å²) in [4.78, 5) is 2.53. The largest absolute Gasteiger partial charge is 0.458 e. The summed E-state index contributed by atoms with van der Waals surface area (Å²) in [6.45, 7) is 0. The van der Waals surface area contributed by atoms with Crippen molar-refractivity contribution in [3.63, 3.8) is 0 Å². The van der Waals surface area contributed by atoms with Gasteiger partial charge < -0.3 is 9.64 Å². The van der Waals surface area contributed by atoms with Gasteiger partial charge in [-0.05, 0) is 91.2 Å². The van der Waals surface area contributed by atoms with Crippen molar-refractivity contribution in [2.45, 2.75) is 0 Å². The number of hydrogen-bond donors (Lipinski definition) is 0. The average Bonchev–Trinajstić information content (AvgIpc) is 3.74. The van der Waals surface area contributed by atoms with Crippen molar-refractivity contribution in [2.24, 2.45) is 0 Å². The highest BCUT2D eigenvalue weighted by Gasteiger charge is 2.53. The van der Waals surface area contributed by atoms with E-state index in [9.17, 15) is 0 Å². The molecular weight excluding hydrogens is 815 g/mol. The van der Waals surface area contributed by atoms with Gasteiger partial charge in [0.1, 0.15) is 20.3 Å². The average molecular weight is 854 g/mol. The van der Waals surface area contributed by atoms with E-state index in [1.807, 2.05) is 11.3 Å². The number of ether oxygens (including phenoxy) is 1. The third-order valence-electron chi connectivity index (χ3n) is 13.5. The standard InChI is InChI=1S/C58H39NOSSi2/c1-2-18-43(19-3-1)62-52-28-10-13-31-56(52)63(54-29-11-7-25-49(54)60-50-26-8-12-30-55(50)63)57-37-36-42(38-53(57)62)59(48-24-15-23-47-46-21-6-9-27-51(46)61-58(47)48)41-34-32-40(33-35-41)45-22-14-17-39-16-4-5-20-44(39)45/h1-38,62H. The summed E-state index contributed by atoms with van der Waals surface area (Å²) in [5.74, 6) is 1.94. The lowest BCUT2D eigenvalue weighted by molar-refractivity contribution is 0.487. The van der Waals surface area contributed by atoms with Crippen LogP contribution in [0, 0.1) is 0 Å². The minimum atomic E-state index is -2.88. The quantitative estimate of drug-likeness (QED) is 0.160. The van der Waals surface area contributed by atoms with Gasteiger partial charge in [0.15, 0.2) is 8.07 Å². The second-order valence-corrected chi connectivity index (χ2v) is 24.2. The highest BCUT2D eigenvalue weighted by molar-refractivity contribution is 7.27. The fourth-order valence-corrected chi connectivity index (χ4v) is 22.5. The van der Waals surface area contributed by atoms with E-state index >= 15 is 0 Å². The SMILES string of the molecule is c1ccc([SiH]2c3ccccc3[Si]3(c4ccccc4Oc4ccccc43)c3ccc(N(c4ccc(-c5cccc6ccccc56)cc4)c4cccc5c4sc4ccccc45)cc32)cc1. The number of thiophene rings is 1. The summed E-state index contributed by atoms with van der Waals surface area (Å²) < 4.78 is 9.38. The lowest BCUT2D eigenvalue weighted by Gasteiger charge is -2.46. The molecule has 296 valence electrons. The molecule has 2 aliphatic rings. The van der Waals surface area contributed by atoms with Crippen LogP contribution < -0.4 is 45.9 Å². The molecule has 1 unspecified atom stereocenters. The van der Waals surface area contributed by atoms with Crippen LogP contribution in [0.5, 0.6) is 11.5 Å². The van der Waals surface area contributed by atoms with Gasteiger partial charge in [0, 0.05) is 26.8 Å². The lowest BCUT2D eigenvalue weighted by Crippen LogP contribution is -2.87.